The molecule has 0 aromatic rings. The molecule has 0 aliphatic carbocycles. The summed E-state index contributed by atoms with van der Waals surface area (Å²) >= 11 is 0. The van der Waals surface area contributed by atoms with Gasteiger partial charge in [-0.3, -0.25) is 0 Å². The van der Waals surface area contributed by atoms with Crippen molar-refractivity contribution in [2.24, 2.45) is 0 Å². The molecule has 0 heterocycles. The molecule has 1 unspecified atom stereocenters. The Morgan fingerprint density at radius 1 is 1.38 bits per heavy atom. The Bertz CT molecular complexity index is 33.5. The molecule has 48 valence electrons. The van der Waals surface area contributed by atoms with E-state index >= 15 is 0 Å². The zero-order chi connectivity index (χ0) is 6.24. The monoisotopic (exact) mass is 130 g/mol. The lowest BCUT2D eigenvalue weighted by Gasteiger charge is -1.91. The standard InChI is InChI=1S/C6H16BP/c1-2-4-7-5-3-6-8/h7H,2-6,8H2,1H3. The summed E-state index contributed by atoms with van der Waals surface area (Å²) in [6.45, 7) is 2.25. The molecule has 0 aliphatic heterocycles. The highest BCUT2D eigenvalue weighted by molar-refractivity contribution is 7.16. The highest BCUT2D eigenvalue weighted by atomic mass is 31.0. The van der Waals surface area contributed by atoms with Crippen LogP contribution in [0.2, 0.25) is 12.6 Å². The third-order valence-corrected chi connectivity index (χ3v) is 1.72. The van der Waals surface area contributed by atoms with E-state index in [-0.39, 0.29) is 0 Å². The van der Waals surface area contributed by atoms with Gasteiger partial charge in [0.2, 0.25) is 0 Å². The first kappa shape index (κ1) is 8.49. The molecule has 0 fully saturated rings. The molecule has 0 aliphatic rings. The quantitative estimate of drug-likeness (QED) is 0.303. The van der Waals surface area contributed by atoms with E-state index in [9.17, 15) is 0 Å². The van der Waals surface area contributed by atoms with Crippen molar-refractivity contribution in [3.63, 3.8) is 0 Å². The molecule has 0 aromatic carbocycles. The third-order valence-electron chi connectivity index (χ3n) is 1.31. The zero-order valence-electron chi connectivity index (χ0n) is 5.82. The van der Waals surface area contributed by atoms with Crippen molar-refractivity contribution >= 4 is 16.5 Å². The molecular formula is C6H16BP. The molecule has 1 atom stereocenters. The molecular weight excluding hydrogens is 114 g/mol. The van der Waals surface area contributed by atoms with Crippen molar-refractivity contribution in [3.05, 3.63) is 0 Å². The van der Waals surface area contributed by atoms with Crippen LogP contribution in [0.4, 0.5) is 0 Å². The van der Waals surface area contributed by atoms with Crippen LogP contribution >= 0.6 is 9.24 Å². The van der Waals surface area contributed by atoms with Gasteiger partial charge in [0.15, 0.2) is 0 Å². The molecule has 8 heavy (non-hydrogen) atoms. The van der Waals surface area contributed by atoms with Gasteiger partial charge < -0.3 is 0 Å². The first-order chi connectivity index (χ1) is 3.91. The van der Waals surface area contributed by atoms with Crippen LogP contribution in [0.15, 0.2) is 0 Å². The summed E-state index contributed by atoms with van der Waals surface area (Å²) in [5.74, 6) is 0. The topological polar surface area (TPSA) is 0 Å². The Morgan fingerprint density at radius 2 is 2.12 bits per heavy atom. The highest BCUT2D eigenvalue weighted by Crippen LogP contribution is 1.97. The average molecular weight is 130 g/mol. The van der Waals surface area contributed by atoms with Gasteiger partial charge in [0, 0.05) is 0 Å². The third kappa shape index (κ3) is 6.49. The van der Waals surface area contributed by atoms with Crippen LogP contribution in [0, 0.1) is 0 Å². The Labute approximate surface area is 55.9 Å². The van der Waals surface area contributed by atoms with E-state index < -0.39 is 0 Å². The molecule has 0 bridgehead atoms. The zero-order valence-corrected chi connectivity index (χ0v) is 6.97. The molecule has 0 N–H and O–H groups in total. The maximum absolute atomic E-state index is 2.77. The maximum Gasteiger partial charge on any atom is 0.120 e. The first-order valence-corrected chi connectivity index (χ1v) is 4.43. The van der Waals surface area contributed by atoms with Gasteiger partial charge in [-0.05, 0) is 6.16 Å². The van der Waals surface area contributed by atoms with E-state index in [1.807, 2.05) is 0 Å². The molecule has 0 radical (unpaired) electrons. The molecule has 0 saturated heterocycles. The van der Waals surface area contributed by atoms with Crippen LogP contribution in [0.3, 0.4) is 0 Å². The van der Waals surface area contributed by atoms with Gasteiger partial charge in [0.1, 0.15) is 7.28 Å². The van der Waals surface area contributed by atoms with Gasteiger partial charge in [-0.25, -0.2) is 0 Å². The lowest BCUT2D eigenvalue weighted by Crippen LogP contribution is -1.87. The van der Waals surface area contributed by atoms with Crippen molar-refractivity contribution in [2.45, 2.75) is 32.4 Å². The van der Waals surface area contributed by atoms with Crippen LogP contribution in [0.1, 0.15) is 19.8 Å². The normalized spacial score (nSPS) is 9.25. The second-order valence-corrected chi connectivity index (χ2v) is 2.78. The Kier molecular flexibility index (Phi) is 7.96. The van der Waals surface area contributed by atoms with E-state index in [0.717, 1.165) is 0 Å². The molecule has 0 spiro atoms. The van der Waals surface area contributed by atoms with Crippen LogP contribution in [0.5, 0.6) is 0 Å². The number of hydrogen-bond donors (Lipinski definition) is 0. The minimum atomic E-state index is 1.28. The summed E-state index contributed by atoms with van der Waals surface area (Å²) in [6, 6.07) is 0. The van der Waals surface area contributed by atoms with Crippen LogP contribution in [0.25, 0.3) is 0 Å². The first-order valence-electron chi connectivity index (χ1n) is 3.62. The fraction of sp³-hybridized carbons (Fsp3) is 1.00. The van der Waals surface area contributed by atoms with Crippen molar-refractivity contribution in [1.82, 2.24) is 0 Å². The molecule has 0 amide bonds. The smallest absolute Gasteiger partial charge is 0.120 e. The van der Waals surface area contributed by atoms with E-state index in [2.05, 4.69) is 16.2 Å². The number of rotatable bonds is 5. The molecule has 2 heteroatoms. The number of hydrogen-bond acceptors (Lipinski definition) is 0. The van der Waals surface area contributed by atoms with Crippen LogP contribution in [-0.2, 0) is 0 Å². The predicted molar refractivity (Wildman–Crippen MR) is 46.2 cm³/mol. The summed E-state index contributed by atoms with van der Waals surface area (Å²) in [6.07, 6.45) is 6.88. The minimum absolute atomic E-state index is 1.28. The van der Waals surface area contributed by atoms with Crippen LogP contribution < -0.4 is 0 Å². The minimum Gasteiger partial charge on any atom is -0.138 e. The lowest BCUT2D eigenvalue weighted by atomic mass is 9.69. The summed E-state index contributed by atoms with van der Waals surface area (Å²) in [7, 11) is 4.20. The molecule has 0 rings (SSSR count). The summed E-state index contributed by atoms with van der Waals surface area (Å²) < 4.78 is 0. The maximum atomic E-state index is 2.77. The van der Waals surface area contributed by atoms with Gasteiger partial charge in [-0.15, -0.1) is 9.24 Å². The Hall–Kier alpha value is 0.495. The van der Waals surface area contributed by atoms with E-state index in [1.54, 1.807) is 0 Å². The van der Waals surface area contributed by atoms with Crippen molar-refractivity contribution in [1.29, 1.82) is 0 Å². The van der Waals surface area contributed by atoms with E-state index in [4.69, 9.17) is 0 Å². The van der Waals surface area contributed by atoms with Gasteiger partial charge in [0.25, 0.3) is 0 Å². The van der Waals surface area contributed by atoms with Gasteiger partial charge in [0.05, 0.1) is 0 Å². The second-order valence-electron chi connectivity index (χ2n) is 2.20. The fourth-order valence-electron chi connectivity index (χ4n) is 0.748. The summed E-state index contributed by atoms with van der Waals surface area (Å²) in [4.78, 5) is 0. The summed E-state index contributed by atoms with van der Waals surface area (Å²) in [5, 5.41) is 0. The van der Waals surface area contributed by atoms with Gasteiger partial charge in [-0.2, -0.15) is 0 Å². The van der Waals surface area contributed by atoms with Crippen molar-refractivity contribution < 1.29 is 0 Å². The average Bonchev–Trinajstić information content (AvgIpc) is 1.81. The van der Waals surface area contributed by atoms with E-state index in [1.165, 1.54) is 38.9 Å². The predicted octanol–water partition coefficient (Wildman–Crippen LogP) is 1.93. The molecule has 0 saturated carbocycles. The Morgan fingerprint density at radius 3 is 2.62 bits per heavy atom. The van der Waals surface area contributed by atoms with Crippen molar-refractivity contribution in [3.8, 4) is 0 Å². The van der Waals surface area contributed by atoms with E-state index in [0.29, 0.717) is 0 Å². The fourth-order valence-corrected chi connectivity index (χ4v) is 1.04. The van der Waals surface area contributed by atoms with Crippen LogP contribution in [-0.4, -0.2) is 13.4 Å². The van der Waals surface area contributed by atoms with Gasteiger partial charge in [-0.1, -0.05) is 32.4 Å². The molecule has 0 nitrogen and oxygen atoms in total. The highest BCUT2D eigenvalue weighted by Gasteiger charge is 1.86. The largest absolute Gasteiger partial charge is 0.138 e. The summed E-state index contributed by atoms with van der Waals surface area (Å²) in [5.41, 5.74) is 0. The Balaban J connectivity index is 2.53. The molecule has 0 aromatic heterocycles. The van der Waals surface area contributed by atoms with Crippen molar-refractivity contribution in [2.75, 3.05) is 6.16 Å². The SMILES string of the molecule is CCCBCCCP. The van der Waals surface area contributed by atoms with Gasteiger partial charge >= 0.3 is 0 Å². The second kappa shape index (κ2) is 7.49. The lowest BCUT2D eigenvalue weighted by molar-refractivity contribution is 1.03.